The molecule has 0 spiro atoms. The third-order valence-corrected chi connectivity index (χ3v) is 3.94. The Morgan fingerprint density at radius 3 is 3.09 bits per heavy atom. The lowest BCUT2D eigenvalue weighted by Crippen LogP contribution is -2.43. The third kappa shape index (κ3) is 3.84. The molecule has 118 valence electrons. The number of hydrogen-bond acceptors (Lipinski definition) is 4. The second-order valence-electron chi connectivity index (χ2n) is 5.75. The van der Waals surface area contributed by atoms with Gasteiger partial charge in [0.05, 0.1) is 13.2 Å². The van der Waals surface area contributed by atoms with Crippen molar-refractivity contribution in [3.05, 3.63) is 23.8 Å². The first-order valence-corrected chi connectivity index (χ1v) is 7.74. The Balaban J connectivity index is 1.61. The molecule has 3 N–H and O–H groups in total. The van der Waals surface area contributed by atoms with E-state index >= 15 is 0 Å². The van der Waals surface area contributed by atoms with E-state index in [4.69, 9.17) is 4.74 Å². The molecule has 1 aromatic carbocycles. The molecule has 1 atom stereocenters. The Hall–Kier alpha value is -1.92. The van der Waals surface area contributed by atoms with Gasteiger partial charge in [-0.3, -0.25) is 9.59 Å². The molecule has 1 aromatic rings. The summed E-state index contributed by atoms with van der Waals surface area (Å²) in [7, 11) is 0. The van der Waals surface area contributed by atoms with Crippen LogP contribution in [0.15, 0.2) is 18.2 Å². The van der Waals surface area contributed by atoms with Crippen molar-refractivity contribution in [1.29, 1.82) is 0 Å². The van der Waals surface area contributed by atoms with E-state index in [1.807, 2.05) is 18.2 Å². The highest BCUT2D eigenvalue weighted by molar-refractivity contribution is 5.94. The maximum atomic E-state index is 12.1. The van der Waals surface area contributed by atoms with Crippen LogP contribution in [0, 0.1) is 0 Å². The quantitative estimate of drug-likeness (QED) is 0.786. The van der Waals surface area contributed by atoms with Gasteiger partial charge in [-0.15, -0.1) is 0 Å². The zero-order chi connectivity index (χ0) is 15.4. The van der Waals surface area contributed by atoms with E-state index < -0.39 is 0 Å². The predicted octanol–water partition coefficient (Wildman–Crippen LogP) is 1.28. The van der Waals surface area contributed by atoms with Crippen LogP contribution in [-0.4, -0.2) is 37.6 Å². The summed E-state index contributed by atoms with van der Waals surface area (Å²) in [5.41, 5.74) is 2.70. The average Bonchev–Trinajstić information content (AvgIpc) is 2.68. The molecule has 2 heterocycles. The van der Waals surface area contributed by atoms with Crippen molar-refractivity contribution >= 4 is 23.2 Å². The first kappa shape index (κ1) is 15.0. The van der Waals surface area contributed by atoms with Gasteiger partial charge in [0.15, 0.2) is 0 Å². The number of amides is 2. The highest BCUT2D eigenvalue weighted by atomic mass is 16.5. The minimum absolute atomic E-state index is 0.0272. The summed E-state index contributed by atoms with van der Waals surface area (Å²) in [6.45, 7) is 2.06. The van der Waals surface area contributed by atoms with E-state index in [0.717, 1.165) is 36.3 Å². The number of nitrogens with one attached hydrogen (secondary N) is 3. The second-order valence-corrected chi connectivity index (χ2v) is 5.75. The molecule has 22 heavy (non-hydrogen) atoms. The van der Waals surface area contributed by atoms with Crippen LogP contribution in [0.25, 0.3) is 0 Å². The fourth-order valence-corrected chi connectivity index (χ4v) is 2.84. The van der Waals surface area contributed by atoms with E-state index in [9.17, 15) is 9.59 Å². The van der Waals surface area contributed by atoms with Crippen molar-refractivity contribution in [1.82, 2.24) is 5.32 Å². The van der Waals surface area contributed by atoms with Gasteiger partial charge in [0.1, 0.15) is 0 Å². The molecule has 6 nitrogen and oxygen atoms in total. The van der Waals surface area contributed by atoms with Crippen LogP contribution in [0.5, 0.6) is 0 Å². The molecule has 2 aliphatic rings. The zero-order valence-electron chi connectivity index (χ0n) is 12.5. The Labute approximate surface area is 129 Å². The smallest absolute Gasteiger partial charge is 0.226 e. The van der Waals surface area contributed by atoms with Gasteiger partial charge in [0, 0.05) is 36.8 Å². The van der Waals surface area contributed by atoms with Crippen molar-refractivity contribution in [2.45, 2.75) is 31.7 Å². The van der Waals surface area contributed by atoms with E-state index in [2.05, 4.69) is 16.0 Å². The molecule has 2 amide bonds. The minimum atomic E-state index is -0.0272. The van der Waals surface area contributed by atoms with Crippen LogP contribution < -0.4 is 16.0 Å². The van der Waals surface area contributed by atoms with Gasteiger partial charge in [-0.25, -0.2) is 0 Å². The average molecular weight is 303 g/mol. The standard InChI is InChI=1S/C16H21N3O3/c20-15-3-1-2-11-8-12(4-5-14(11)19-15)18-16(21)9-13-10-22-7-6-17-13/h4-5,8,13,17H,1-3,6-7,9-10H2,(H,18,21)(H,19,20). The number of aryl methyl sites for hydroxylation is 1. The molecule has 0 bridgehead atoms. The number of benzene rings is 1. The van der Waals surface area contributed by atoms with Crippen molar-refractivity contribution in [2.75, 3.05) is 30.4 Å². The maximum absolute atomic E-state index is 12.1. The van der Waals surface area contributed by atoms with Crippen LogP contribution in [-0.2, 0) is 20.7 Å². The molecular weight excluding hydrogens is 282 g/mol. The van der Waals surface area contributed by atoms with E-state index in [0.29, 0.717) is 26.1 Å². The lowest BCUT2D eigenvalue weighted by molar-refractivity contribution is -0.117. The Bertz CT molecular complexity index is 568. The number of fused-ring (bicyclic) bond motifs is 1. The largest absolute Gasteiger partial charge is 0.378 e. The molecule has 1 saturated heterocycles. The number of hydrogen-bond donors (Lipinski definition) is 3. The monoisotopic (exact) mass is 303 g/mol. The molecule has 2 aliphatic heterocycles. The van der Waals surface area contributed by atoms with Gasteiger partial charge in [-0.05, 0) is 36.6 Å². The summed E-state index contributed by atoms with van der Waals surface area (Å²) in [4.78, 5) is 23.6. The van der Waals surface area contributed by atoms with Crippen LogP contribution in [0.2, 0.25) is 0 Å². The number of morpholine rings is 1. The molecule has 0 radical (unpaired) electrons. The summed E-state index contributed by atoms with van der Waals surface area (Å²) >= 11 is 0. The lowest BCUT2D eigenvalue weighted by atomic mass is 10.1. The van der Waals surface area contributed by atoms with E-state index in [1.165, 1.54) is 0 Å². The maximum Gasteiger partial charge on any atom is 0.226 e. The summed E-state index contributed by atoms with van der Waals surface area (Å²) < 4.78 is 5.35. The zero-order valence-corrected chi connectivity index (χ0v) is 12.5. The highest BCUT2D eigenvalue weighted by Gasteiger charge is 2.18. The van der Waals surface area contributed by atoms with Gasteiger partial charge in [-0.2, -0.15) is 0 Å². The van der Waals surface area contributed by atoms with Crippen molar-refractivity contribution in [3.63, 3.8) is 0 Å². The first-order chi connectivity index (χ1) is 10.7. The summed E-state index contributed by atoms with van der Waals surface area (Å²) in [6.07, 6.45) is 2.62. The highest BCUT2D eigenvalue weighted by Crippen LogP contribution is 2.25. The van der Waals surface area contributed by atoms with Gasteiger partial charge >= 0.3 is 0 Å². The van der Waals surface area contributed by atoms with Crippen LogP contribution in [0.4, 0.5) is 11.4 Å². The predicted molar refractivity (Wildman–Crippen MR) is 83.9 cm³/mol. The third-order valence-electron chi connectivity index (χ3n) is 3.94. The van der Waals surface area contributed by atoms with Crippen LogP contribution in [0.1, 0.15) is 24.8 Å². The van der Waals surface area contributed by atoms with Crippen LogP contribution in [0.3, 0.4) is 0 Å². The number of carbonyl (C=O) groups is 2. The molecule has 6 heteroatoms. The van der Waals surface area contributed by atoms with E-state index in [-0.39, 0.29) is 17.9 Å². The number of carbonyl (C=O) groups excluding carboxylic acids is 2. The number of anilines is 2. The first-order valence-electron chi connectivity index (χ1n) is 7.74. The molecule has 0 aromatic heterocycles. The minimum Gasteiger partial charge on any atom is -0.378 e. The summed E-state index contributed by atoms with van der Waals surface area (Å²) in [6, 6.07) is 5.71. The lowest BCUT2D eigenvalue weighted by Gasteiger charge is -2.23. The van der Waals surface area contributed by atoms with Crippen molar-refractivity contribution in [2.24, 2.45) is 0 Å². The Morgan fingerprint density at radius 1 is 1.36 bits per heavy atom. The fraction of sp³-hybridized carbons (Fsp3) is 0.500. The second kappa shape index (κ2) is 6.89. The molecule has 3 rings (SSSR count). The Morgan fingerprint density at radius 2 is 2.27 bits per heavy atom. The number of rotatable bonds is 3. The van der Waals surface area contributed by atoms with Crippen molar-refractivity contribution < 1.29 is 14.3 Å². The van der Waals surface area contributed by atoms with Gasteiger partial charge < -0.3 is 20.7 Å². The molecule has 1 fully saturated rings. The molecular formula is C16H21N3O3. The fourth-order valence-electron chi connectivity index (χ4n) is 2.84. The van der Waals surface area contributed by atoms with Crippen LogP contribution >= 0.6 is 0 Å². The summed E-state index contributed by atoms with van der Waals surface area (Å²) in [5.74, 6) is 0.0273. The summed E-state index contributed by atoms with van der Waals surface area (Å²) in [5, 5.41) is 9.08. The Kier molecular flexibility index (Phi) is 4.70. The normalized spacial score (nSPS) is 21.5. The van der Waals surface area contributed by atoms with Gasteiger partial charge in [0.25, 0.3) is 0 Å². The molecule has 0 aliphatic carbocycles. The van der Waals surface area contributed by atoms with Gasteiger partial charge in [-0.1, -0.05) is 0 Å². The SMILES string of the molecule is O=C(CC1COCCN1)Nc1ccc2c(c1)CCCC(=O)N2. The topological polar surface area (TPSA) is 79.5 Å². The van der Waals surface area contributed by atoms with E-state index in [1.54, 1.807) is 0 Å². The molecule has 1 unspecified atom stereocenters. The van der Waals surface area contributed by atoms with Crippen molar-refractivity contribution in [3.8, 4) is 0 Å². The number of ether oxygens (including phenoxy) is 1. The molecule has 0 saturated carbocycles. The van der Waals surface area contributed by atoms with Gasteiger partial charge in [0.2, 0.25) is 11.8 Å².